The highest BCUT2D eigenvalue weighted by atomic mass is 16.5. The van der Waals surface area contributed by atoms with Gasteiger partial charge in [-0.1, -0.05) is 11.8 Å². The Morgan fingerprint density at radius 2 is 1.88 bits per heavy atom. The molecule has 0 bridgehead atoms. The van der Waals surface area contributed by atoms with Gasteiger partial charge in [0.2, 0.25) is 0 Å². The Bertz CT molecular complexity index is 713. The largest absolute Gasteiger partial charge is 0.384 e. The predicted octanol–water partition coefficient (Wildman–Crippen LogP) is -0.625. The van der Waals surface area contributed by atoms with Gasteiger partial charge < -0.3 is 16.2 Å². The van der Waals surface area contributed by atoms with Gasteiger partial charge in [0, 0.05) is 16.7 Å². The van der Waals surface area contributed by atoms with E-state index in [0.29, 0.717) is 11.1 Å². The number of hydrogen-bond donors (Lipinski definition) is 5. The van der Waals surface area contributed by atoms with Crippen molar-refractivity contribution in [2.45, 2.75) is 25.4 Å². The van der Waals surface area contributed by atoms with Gasteiger partial charge in [0.15, 0.2) is 0 Å². The van der Waals surface area contributed by atoms with E-state index in [-0.39, 0.29) is 6.61 Å². The summed E-state index contributed by atoms with van der Waals surface area (Å²) in [6, 6.07) is 5.21. The van der Waals surface area contributed by atoms with Crippen LogP contribution >= 0.6 is 0 Å². The number of carbonyl (C=O) groups is 2. The lowest BCUT2D eigenvalue weighted by Gasteiger charge is -2.29. The first kappa shape index (κ1) is 19.2. The van der Waals surface area contributed by atoms with E-state index in [1.165, 1.54) is 17.6 Å². The Labute approximate surface area is 140 Å². The summed E-state index contributed by atoms with van der Waals surface area (Å²) in [5.41, 5.74) is 7.22. The van der Waals surface area contributed by atoms with Crippen LogP contribution in [0.5, 0.6) is 0 Å². The topological polar surface area (TPSA) is 125 Å². The summed E-state index contributed by atoms with van der Waals surface area (Å²) in [5.74, 6) is 8.85. The zero-order chi connectivity index (χ0) is 18.2. The average Bonchev–Trinajstić information content (AvgIpc) is 2.55. The van der Waals surface area contributed by atoms with Crippen LogP contribution in [0.3, 0.4) is 0 Å². The van der Waals surface area contributed by atoms with Gasteiger partial charge in [-0.05, 0) is 50.0 Å². The van der Waals surface area contributed by atoms with Gasteiger partial charge in [0.25, 0.3) is 11.8 Å². The maximum Gasteiger partial charge on any atom is 0.267 e. The van der Waals surface area contributed by atoms with Crippen LogP contribution in [0.1, 0.15) is 29.8 Å². The molecule has 0 fully saturated rings. The molecule has 1 aromatic carbocycles. The fourth-order valence-electron chi connectivity index (χ4n) is 1.76. The molecule has 0 aliphatic carbocycles. The minimum absolute atomic E-state index is 0.256. The minimum atomic E-state index is -1.11. The molecule has 0 aliphatic heterocycles. The van der Waals surface area contributed by atoms with E-state index in [0.717, 1.165) is 0 Å². The first-order valence-corrected chi connectivity index (χ1v) is 7.03. The van der Waals surface area contributed by atoms with Gasteiger partial charge in [-0.25, -0.2) is 5.48 Å². The molecule has 0 aromatic heterocycles. The van der Waals surface area contributed by atoms with E-state index in [9.17, 15) is 9.59 Å². The van der Waals surface area contributed by atoms with E-state index in [4.69, 9.17) is 16.0 Å². The number of hydroxylamine groups is 1. The van der Waals surface area contributed by atoms with E-state index < -0.39 is 23.4 Å². The van der Waals surface area contributed by atoms with Crippen molar-refractivity contribution in [3.63, 3.8) is 0 Å². The summed E-state index contributed by atoms with van der Waals surface area (Å²) in [6.07, 6.45) is 0. The highest BCUT2D eigenvalue weighted by molar-refractivity contribution is 5.97. The third kappa shape index (κ3) is 5.75. The normalized spacial score (nSPS) is 11.2. The molecule has 0 saturated heterocycles. The second-order valence-electron chi connectivity index (χ2n) is 5.49. The molecular formula is C17H19N3O4. The average molecular weight is 329 g/mol. The fraction of sp³-hybridized carbons (Fsp3) is 0.294. The molecular weight excluding hydrogens is 310 g/mol. The van der Waals surface area contributed by atoms with Crippen LogP contribution in [0, 0.1) is 23.7 Å². The zero-order valence-electron chi connectivity index (χ0n) is 13.4. The third-order valence-electron chi connectivity index (χ3n) is 2.98. The molecule has 0 heterocycles. The number of carbonyl (C=O) groups excluding carboxylic acids is 2. The van der Waals surface area contributed by atoms with Crippen LogP contribution < -0.4 is 16.5 Å². The molecule has 1 unspecified atom stereocenters. The quantitative estimate of drug-likeness (QED) is 0.286. The van der Waals surface area contributed by atoms with Crippen molar-refractivity contribution < 1.29 is 19.9 Å². The molecule has 0 saturated carbocycles. The van der Waals surface area contributed by atoms with Gasteiger partial charge in [-0.15, -0.1) is 0 Å². The van der Waals surface area contributed by atoms with Crippen molar-refractivity contribution in [1.29, 1.82) is 0 Å². The second-order valence-corrected chi connectivity index (χ2v) is 5.49. The van der Waals surface area contributed by atoms with Crippen LogP contribution in [-0.4, -0.2) is 40.3 Å². The first-order valence-electron chi connectivity index (χ1n) is 7.03. The van der Waals surface area contributed by atoms with Gasteiger partial charge in [0.1, 0.15) is 12.6 Å². The molecule has 7 nitrogen and oxygen atoms in total. The summed E-state index contributed by atoms with van der Waals surface area (Å²) < 4.78 is 0. The lowest BCUT2D eigenvalue weighted by atomic mass is 9.95. The van der Waals surface area contributed by atoms with Crippen molar-refractivity contribution >= 4 is 11.8 Å². The standard InChI is InChI=1S/C17H19N3O4/c1-17(2,18)14(16(23)20-24)19-15(22)13-9-7-12(8-10-13)6-4-3-5-11-21/h7-10,14,21,24H,11,18H2,1-2H3,(H,19,22)(H,20,23). The van der Waals surface area contributed by atoms with Crippen molar-refractivity contribution in [2.24, 2.45) is 5.73 Å². The summed E-state index contributed by atoms with van der Waals surface area (Å²) in [7, 11) is 0. The first-order chi connectivity index (χ1) is 11.3. The number of hydrogen-bond acceptors (Lipinski definition) is 5. The van der Waals surface area contributed by atoms with E-state index >= 15 is 0 Å². The maximum atomic E-state index is 12.2. The molecule has 0 radical (unpaired) electrons. The van der Waals surface area contributed by atoms with Gasteiger partial charge >= 0.3 is 0 Å². The molecule has 126 valence electrons. The van der Waals surface area contributed by atoms with Crippen molar-refractivity contribution in [2.75, 3.05) is 6.61 Å². The Kier molecular flexibility index (Phi) is 6.97. The third-order valence-corrected chi connectivity index (χ3v) is 2.98. The molecule has 0 spiro atoms. The Morgan fingerprint density at radius 1 is 1.25 bits per heavy atom. The summed E-state index contributed by atoms with van der Waals surface area (Å²) >= 11 is 0. The van der Waals surface area contributed by atoms with E-state index in [1.807, 2.05) is 0 Å². The van der Waals surface area contributed by atoms with Crippen LogP contribution in [-0.2, 0) is 4.79 Å². The summed E-state index contributed by atoms with van der Waals surface area (Å²) in [6.45, 7) is 2.85. The van der Waals surface area contributed by atoms with Crippen LogP contribution in [0.15, 0.2) is 24.3 Å². The molecule has 0 aliphatic rings. The van der Waals surface area contributed by atoms with E-state index in [2.05, 4.69) is 29.0 Å². The number of aliphatic hydroxyl groups is 1. The number of rotatable bonds is 4. The van der Waals surface area contributed by atoms with Gasteiger partial charge in [0.05, 0.1) is 0 Å². The molecule has 1 rings (SSSR count). The van der Waals surface area contributed by atoms with Crippen molar-refractivity contribution in [3.8, 4) is 23.7 Å². The monoisotopic (exact) mass is 329 g/mol. The van der Waals surface area contributed by atoms with Gasteiger partial charge in [-0.3, -0.25) is 14.8 Å². The van der Waals surface area contributed by atoms with Crippen molar-refractivity contribution in [1.82, 2.24) is 10.8 Å². The number of nitrogens with two attached hydrogens (primary N) is 1. The number of nitrogens with one attached hydrogen (secondary N) is 2. The Hall–Kier alpha value is -2.84. The van der Waals surface area contributed by atoms with Gasteiger partial charge in [-0.2, -0.15) is 0 Å². The lowest BCUT2D eigenvalue weighted by molar-refractivity contribution is -0.132. The SMILES string of the molecule is CC(C)(N)C(NC(=O)c1ccc(C#CC#CCO)cc1)C(=O)NO. The predicted molar refractivity (Wildman–Crippen MR) is 87.6 cm³/mol. The number of benzene rings is 1. The zero-order valence-corrected chi connectivity index (χ0v) is 13.4. The summed E-state index contributed by atoms with van der Waals surface area (Å²) in [4.78, 5) is 23.9. The van der Waals surface area contributed by atoms with Crippen molar-refractivity contribution in [3.05, 3.63) is 35.4 Å². The van der Waals surface area contributed by atoms with Crippen LogP contribution in [0.25, 0.3) is 0 Å². The molecule has 6 N–H and O–H groups in total. The number of amides is 2. The second kappa shape index (κ2) is 8.70. The Morgan fingerprint density at radius 3 is 2.38 bits per heavy atom. The minimum Gasteiger partial charge on any atom is -0.384 e. The highest BCUT2D eigenvalue weighted by Crippen LogP contribution is 2.08. The molecule has 7 heteroatoms. The maximum absolute atomic E-state index is 12.2. The Balaban J connectivity index is 2.87. The van der Waals surface area contributed by atoms with Crippen LogP contribution in [0.4, 0.5) is 0 Å². The summed E-state index contributed by atoms with van der Waals surface area (Å²) in [5, 5.41) is 19.7. The molecule has 1 atom stereocenters. The number of aliphatic hydroxyl groups excluding tert-OH is 1. The van der Waals surface area contributed by atoms with E-state index in [1.54, 1.807) is 26.0 Å². The fourth-order valence-corrected chi connectivity index (χ4v) is 1.76. The molecule has 24 heavy (non-hydrogen) atoms. The molecule has 2 amide bonds. The highest BCUT2D eigenvalue weighted by Gasteiger charge is 2.33. The lowest BCUT2D eigenvalue weighted by Crippen LogP contribution is -2.61. The van der Waals surface area contributed by atoms with Crippen LogP contribution in [0.2, 0.25) is 0 Å². The smallest absolute Gasteiger partial charge is 0.267 e. The molecule has 1 aromatic rings.